The summed E-state index contributed by atoms with van der Waals surface area (Å²) in [7, 11) is 1.32. The number of carbonyl (C=O) groups excluding carboxylic acids is 2. The van der Waals surface area contributed by atoms with Crippen LogP contribution in [-0.4, -0.2) is 52.9 Å². The van der Waals surface area contributed by atoms with E-state index in [1.54, 1.807) is 0 Å². The van der Waals surface area contributed by atoms with E-state index in [0.29, 0.717) is 25.0 Å². The van der Waals surface area contributed by atoms with Crippen LogP contribution in [0, 0.1) is 35.5 Å². The van der Waals surface area contributed by atoms with E-state index >= 15 is 0 Å². The van der Waals surface area contributed by atoms with Gasteiger partial charge in [-0.3, -0.25) is 14.4 Å². The Bertz CT molecular complexity index is 791. The van der Waals surface area contributed by atoms with Crippen LogP contribution in [0.25, 0.3) is 0 Å². The molecule has 0 heterocycles. The lowest BCUT2D eigenvalue weighted by molar-refractivity contribution is -0.146. The van der Waals surface area contributed by atoms with Gasteiger partial charge in [-0.1, -0.05) is 132 Å². The minimum atomic E-state index is -0.953. The summed E-state index contributed by atoms with van der Waals surface area (Å²) < 4.78 is 10.1. The van der Waals surface area contributed by atoms with Crippen LogP contribution >= 0.6 is 0 Å². The van der Waals surface area contributed by atoms with Gasteiger partial charge in [0.15, 0.2) is 5.76 Å². The van der Waals surface area contributed by atoms with Crippen molar-refractivity contribution in [1.29, 1.82) is 0 Å². The zero-order valence-corrected chi connectivity index (χ0v) is 30.3. The summed E-state index contributed by atoms with van der Waals surface area (Å²) in [5.74, 6) is 1.24. The fourth-order valence-corrected chi connectivity index (χ4v) is 5.38. The molecule has 0 aromatic rings. The highest BCUT2D eigenvalue weighted by molar-refractivity contribution is 5.96. The second-order valence-corrected chi connectivity index (χ2v) is 14.3. The van der Waals surface area contributed by atoms with Crippen molar-refractivity contribution in [2.45, 2.75) is 158 Å². The number of esters is 1. The molecule has 8 heteroatoms. The topological polar surface area (TPSA) is 130 Å². The highest BCUT2D eigenvalue weighted by atomic mass is 16.5. The first-order chi connectivity index (χ1) is 21.1. The van der Waals surface area contributed by atoms with E-state index < -0.39 is 23.6 Å². The van der Waals surface area contributed by atoms with Gasteiger partial charge in [0.2, 0.25) is 5.78 Å². The molecule has 0 aliphatic carbocycles. The second kappa shape index (κ2) is 28.2. The van der Waals surface area contributed by atoms with Crippen molar-refractivity contribution >= 4 is 17.7 Å². The second-order valence-electron chi connectivity index (χ2n) is 14.3. The third-order valence-electron chi connectivity index (χ3n) is 8.38. The van der Waals surface area contributed by atoms with Gasteiger partial charge < -0.3 is 24.8 Å². The molecule has 0 rings (SSSR count). The Balaban J connectivity index is 0. The quantitative estimate of drug-likeness (QED) is 0.0483. The molecule has 0 spiro atoms. The standard InChI is InChI=1S/C22H40O6.C15H30O2/c1-16(2)8-6-9-17(3)10-7-11-18(4)14-21(25)28-13-12-20(27-5)22(26)19(24)15-23;1-12(2)7-5-8-13(3)9-6-10-14(4)11-15(16)17/h15-18,20,23-24H,6-14H2,1-5H3;12-14H,5-11H2,1-4H3,(H,16,17)/b19-15-;. The highest BCUT2D eigenvalue weighted by Gasteiger charge is 2.22. The van der Waals surface area contributed by atoms with Crippen LogP contribution in [0.2, 0.25) is 0 Å². The number of carboxylic acid groups (broad SMARTS) is 1. The van der Waals surface area contributed by atoms with Crippen LogP contribution in [-0.2, 0) is 23.9 Å². The van der Waals surface area contributed by atoms with E-state index in [9.17, 15) is 19.5 Å². The van der Waals surface area contributed by atoms with Crippen LogP contribution in [0.3, 0.4) is 0 Å². The first-order valence-electron chi connectivity index (χ1n) is 17.6. The average Bonchev–Trinajstić information content (AvgIpc) is 2.94. The third kappa shape index (κ3) is 29.1. The van der Waals surface area contributed by atoms with E-state index in [1.165, 1.54) is 64.9 Å². The molecule has 0 amide bonds. The number of carbonyl (C=O) groups is 3. The highest BCUT2D eigenvalue weighted by Crippen LogP contribution is 2.22. The van der Waals surface area contributed by atoms with Gasteiger partial charge in [0.1, 0.15) is 12.4 Å². The van der Waals surface area contributed by atoms with Crippen molar-refractivity contribution in [3.05, 3.63) is 12.0 Å². The Morgan fingerprint density at radius 2 is 1.00 bits per heavy atom. The van der Waals surface area contributed by atoms with Crippen molar-refractivity contribution in [3.8, 4) is 0 Å². The summed E-state index contributed by atoms with van der Waals surface area (Å²) in [6.45, 7) is 17.8. The molecular weight excluding hydrogens is 572 g/mol. The van der Waals surface area contributed by atoms with Gasteiger partial charge in [-0.05, 0) is 35.5 Å². The molecule has 0 saturated carbocycles. The molecule has 0 aliphatic heterocycles. The molecule has 3 N–H and O–H groups in total. The molecule has 0 fully saturated rings. The number of hydrogen-bond acceptors (Lipinski definition) is 7. The fraction of sp³-hybridized carbons (Fsp3) is 0.865. The Morgan fingerprint density at radius 3 is 1.38 bits per heavy atom. The third-order valence-corrected chi connectivity index (χ3v) is 8.38. The zero-order valence-electron chi connectivity index (χ0n) is 30.3. The first-order valence-corrected chi connectivity index (χ1v) is 17.6. The Labute approximate surface area is 275 Å². The summed E-state index contributed by atoms with van der Waals surface area (Å²) in [5.41, 5.74) is 0. The first kappa shape index (κ1) is 45.0. The molecule has 8 nitrogen and oxygen atoms in total. The van der Waals surface area contributed by atoms with Crippen molar-refractivity contribution in [3.63, 3.8) is 0 Å². The lowest BCUT2D eigenvalue weighted by atomic mass is 9.93. The normalized spacial score (nSPS) is 15.1. The van der Waals surface area contributed by atoms with Crippen LogP contribution in [0.5, 0.6) is 0 Å². The number of aliphatic hydroxyl groups is 2. The van der Waals surface area contributed by atoms with Crippen molar-refractivity contribution in [1.82, 2.24) is 0 Å². The molecule has 0 bridgehead atoms. The SMILES string of the molecule is CC(C)CCCC(C)CCCC(C)CC(=O)O.COC(CCOC(=O)CC(C)CCCC(C)CCCC(C)C)C(=O)/C(O)=C/O. The van der Waals surface area contributed by atoms with Gasteiger partial charge in [0, 0.05) is 26.4 Å². The largest absolute Gasteiger partial charge is 0.512 e. The van der Waals surface area contributed by atoms with Gasteiger partial charge >= 0.3 is 11.9 Å². The van der Waals surface area contributed by atoms with Crippen molar-refractivity contribution in [2.75, 3.05) is 13.7 Å². The van der Waals surface area contributed by atoms with Gasteiger partial charge in [-0.15, -0.1) is 0 Å². The molecule has 45 heavy (non-hydrogen) atoms. The van der Waals surface area contributed by atoms with Crippen LogP contribution in [0.4, 0.5) is 0 Å². The number of ether oxygens (including phenoxy) is 2. The molecule has 266 valence electrons. The van der Waals surface area contributed by atoms with Gasteiger partial charge in [-0.2, -0.15) is 0 Å². The minimum Gasteiger partial charge on any atom is -0.512 e. The molecular formula is C37H70O8. The van der Waals surface area contributed by atoms with Crippen molar-refractivity contribution in [2.24, 2.45) is 35.5 Å². The zero-order chi connectivity index (χ0) is 34.8. The van der Waals surface area contributed by atoms with Crippen LogP contribution < -0.4 is 0 Å². The van der Waals surface area contributed by atoms with E-state index in [0.717, 1.165) is 42.9 Å². The predicted octanol–water partition coefficient (Wildman–Crippen LogP) is 9.85. The number of Topliss-reactive ketones (excluding diaryl/α,β-unsaturated/α-hetero) is 1. The lowest BCUT2D eigenvalue weighted by Crippen LogP contribution is -2.27. The molecule has 0 saturated heterocycles. The molecule has 0 radical (unpaired) electrons. The average molecular weight is 643 g/mol. The molecule has 0 aromatic carbocycles. The maximum atomic E-state index is 11.9. The number of hydrogen-bond donors (Lipinski definition) is 3. The molecule has 5 unspecified atom stereocenters. The Hall–Kier alpha value is -2.09. The lowest BCUT2D eigenvalue weighted by Gasteiger charge is -2.16. The summed E-state index contributed by atoms with van der Waals surface area (Å²) >= 11 is 0. The van der Waals surface area contributed by atoms with Gasteiger partial charge in [0.05, 0.1) is 6.61 Å². The van der Waals surface area contributed by atoms with E-state index in [2.05, 4.69) is 48.5 Å². The maximum absolute atomic E-state index is 11.9. The van der Waals surface area contributed by atoms with Gasteiger partial charge in [-0.25, -0.2) is 0 Å². The monoisotopic (exact) mass is 643 g/mol. The summed E-state index contributed by atoms with van der Waals surface area (Å²) in [6.07, 6.45) is 14.8. The number of methoxy groups -OCH3 is 1. The number of rotatable bonds is 26. The Kier molecular flexibility index (Phi) is 28.2. The summed E-state index contributed by atoms with van der Waals surface area (Å²) in [6, 6.07) is 0. The fourth-order valence-electron chi connectivity index (χ4n) is 5.38. The number of aliphatic carboxylic acids is 1. The van der Waals surface area contributed by atoms with Gasteiger partial charge in [0.25, 0.3) is 0 Å². The molecule has 0 aliphatic rings. The Morgan fingerprint density at radius 1 is 0.600 bits per heavy atom. The number of aliphatic hydroxyl groups excluding tert-OH is 2. The van der Waals surface area contributed by atoms with Crippen LogP contribution in [0.15, 0.2) is 12.0 Å². The minimum absolute atomic E-state index is 0.0292. The van der Waals surface area contributed by atoms with E-state index in [4.69, 9.17) is 19.7 Å². The van der Waals surface area contributed by atoms with Crippen molar-refractivity contribution < 1.29 is 39.2 Å². The van der Waals surface area contributed by atoms with Crippen LogP contribution in [0.1, 0.15) is 152 Å². The molecule has 5 atom stereocenters. The predicted molar refractivity (Wildman–Crippen MR) is 183 cm³/mol. The number of ketones is 1. The maximum Gasteiger partial charge on any atom is 0.306 e. The van der Waals surface area contributed by atoms with E-state index in [1.807, 2.05) is 6.92 Å². The van der Waals surface area contributed by atoms with E-state index in [-0.39, 0.29) is 24.9 Å². The summed E-state index contributed by atoms with van der Waals surface area (Å²) in [5, 5.41) is 26.5. The summed E-state index contributed by atoms with van der Waals surface area (Å²) in [4.78, 5) is 34.1. The molecule has 0 aromatic heterocycles. The number of carboxylic acids is 1. The smallest absolute Gasteiger partial charge is 0.306 e.